The maximum absolute atomic E-state index is 12.6. The summed E-state index contributed by atoms with van der Waals surface area (Å²) in [6.07, 6.45) is 6.73. The number of amides is 1. The lowest BCUT2D eigenvalue weighted by molar-refractivity contribution is -0.137. The molecule has 3 unspecified atom stereocenters. The zero-order chi connectivity index (χ0) is 14.4. The fourth-order valence-corrected chi connectivity index (χ4v) is 3.36. The molecule has 19 heavy (non-hydrogen) atoms. The summed E-state index contributed by atoms with van der Waals surface area (Å²) >= 11 is 0. The van der Waals surface area contributed by atoms with E-state index in [4.69, 9.17) is 5.73 Å². The van der Waals surface area contributed by atoms with Crippen LogP contribution in [0.4, 0.5) is 0 Å². The van der Waals surface area contributed by atoms with E-state index >= 15 is 0 Å². The summed E-state index contributed by atoms with van der Waals surface area (Å²) in [7, 11) is 1.97. The Balaban J connectivity index is 2.51. The molecule has 2 N–H and O–H groups in total. The van der Waals surface area contributed by atoms with E-state index < -0.39 is 0 Å². The van der Waals surface area contributed by atoms with Crippen LogP contribution in [0.2, 0.25) is 0 Å². The van der Waals surface area contributed by atoms with Crippen molar-refractivity contribution in [2.75, 3.05) is 13.6 Å². The first kappa shape index (κ1) is 16.5. The number of rotatable bonds is 6. The Hall–Kier alpha value is -0.570. The molecule has 3 nitrogen and oxygen atoms in total. The fourth-order valence-electron chi connectivity index (χ4n) is 3.36. The van der Waals surface area contributed by atoms with Gasteiger partial charge in [0, 0.05) is 19.0 Å². The molecule has 0 aromatic carbocycles. The predicted molar refractivity (Wildman–Crippen MR) is 80.8 cm³/mol. The van der Waals surface area contributed by atoms with Gasteiger partial charge in [-0.3, -0.25) is 4.79 Å². The van der Waals surface area contributed by atoms with Gasteiger partial charge in [0.15, 0.2) is 0 Å². The molecule has 0 heterocycles. The Labute approximate surface area is 118 Å². The number of carbonyl (C=O) groups is 1. The zero-order valence-electron chi connectivity index (χ0n) is 13.2. The lowest BCUT2D eigenvalue weighted by atomic mass is 9.79. The molecule has 1 saturated carbocycles. The number of hydrogen-bond acceptors (Lipinski definition) is 2. The van der Waals surface area contributed by atoms with Crippen molar-refractivity contribution in [3.63, 3.8) is 0 Å². The molecule has 1 aliphatic rings. The maximum atomic E-state index is 12.6. The third-order valence-electron chi connectivity index (χ3n) is 4.53. The lowest BCUT2D eigenvalue weighted by Crippen LogP contribution is -2.41. The number of nitrogens with zero attached hydrogens (tertiary/aromatic N) is 1. The normalized spacial score (nSPS) is 25.4. The highest BCUT2D eigenvalue weighted by atomic mass is 16.2. The molecule has 0 saturated heterocycles. The van der Waals surface area contributed by atoms with Crippen molar-refractivity contribution in [1.82, 2.24) is 4.90 Å². The number of carbonyl (C=O) groups excluding carboxylic acids is 1. The molecule has 0 spiro atoms. The van der Waals surface area contributed by atoms with Crippen LogP contribution in [0.15, 0.2) is 0 Å². The first-order valence-corrected chi connectivity index (χ1v) is 7.92. The minimum atomic E-state index is 0.241. The smallest absolute Gasteiger partial charge is 0.225 e. The van der Waals surface area contributed by atoms with Gasteiger partial charge in [-0.15, -0.1) is 0 Å². The highest BCUT2D eigenvalue weighted by Crippen LogP contribution is 2.32. The molecule has 3 atom stereocenters. The monoisotopic (exact) mass is 268 g/mol. The molecule has 0 aromatic heterocycles. The first-order valence-electron chi connectivity index (χ1n) is 7.92. The van der Waals surface area contributed by atoms with Gasteiger partial charge in [-0.05, 0) is 51.0 Å². The second kappa shape index (κ2) is 7.88. The van der Waals surface area contributed by atoms with Crippen LogP contribution < -0.4 is 5.73 Å². The number of nitrogens with two attached hydrogens (primary N) is 1. The van der Waals surface area contributed by atoms with E-state index in [0.29, 0.717) is 23.8 Å². The minimum absolute atomic E-state index is 0.241. The van der Waals surface area contributed by atoms with Crippen molar-refractivity contribution in [2.45, 2.75) is 65.3 Å². The molecule has 112 valence electrons. The van der Waals surface area contributed by atoms with Crippen LogP contribution in [-0.2, 0) is 4.79 Å². The SMILES string of the molecule is CC(C)CC(C)N(C)C(=O)C1CCCC(CCN)C1. The standard InChI is InChI=1S/C16H32N2O/c1-12(2)10-13(3)18(4)16(19)15-7-5-6-14(11-15)8-9-17/h12-15H,5-11,17H2,1-4H3. The number of hydrogen-bond donors (Lipinski definition) is 1. The van der Waals surface area contributed by atoms with Gasteiger partial charge in [-0.25, -0.2) is 0 Å². The molecule has 0 aromatic rings. The molecule has 1 amide bonds. The van der Waals surface area contributed by atoms with Gasteiger partial charge in [0.1, 0.15) is 0 Å². The van der Waals surface area contributed by atoms with Crippen molar-refractivity contribution >= 4 is 5.91 Å². The van der Waals surface area contributed by atoms with Gasteiger partial charge < -0.3 is 10.6 Å². The summed E-state index contributed by atoms with van der Waals surface area (Å²) in [5.74, 6) is 1.91. The Kier molecular flexibility index (Phi) is 6.84. The van der Waals surface area contributed by atoms with Crippen LogP contribution in [0.3, 0.4) is 0 Å². The molecule has 0 aliphatic heterocycles. The van der Waals surface area contributed by atoms with Crippen LogP contribution in [-0.4, -0.2) is 30.4 Å². The van der Waals surface area contributed by atoms with Crippen LogP contribution in [0.1, 0.15) is 59.3 Å². The van der Waals surface area contributed by atoms with Crippen LogP contribution in [0.5, 0.6) is 0 Å². The fraction of sp³-hybridized carbons (Fsp3) is 0.938. The summed E-state index contributed by atoms with van der Waals surface area (Å²) in [6, 6.07) is 0.349. The summed E-state index contributed by atoms with van der Waals surface area (Å²) in [6.45, 7) is 7.35. The van der Waals surface area contributed by atoms with Gasteiger partial charge >= 0.3 is 0 Å². The molecule has 0 bridgehead atoms. The Morgan fingerprint density at radius 1 is 1.32 bits per heavy atom. The second-order valence-electron chi connectivity index (χ2n) is 6.73. The molecule has 1 rings (SSSR count). The largest absolute Gasteiger partial charge is 0.343 e. The Morgan fingerprint density at radius 3 is 2.58 bits per heavy atom. The summed E-state index contributed by atoms with van der Waals surface area (Å²) in [5, 5.41) is 0. The van der Waals surface area contributed by atoms with E-state index in [9.17, 15) is 4.79 Å². The van der Waals surface area contributed by atoms with Crippen molar-refractivity contribution in [2.24, 2.45) is 23.5 Å². The second-order valence-corrected chi connectivity index (χ2v) is 6.73. The molecular formula is C16H32N2O. The molecular weight excluding hydrogens is 236 g/mol. The van der Waals surface area contributed by atoms with Gasteiger partial charge in [0.25, 0.3) is 0 Å². The van der Waals surface area contributed by atoms with Crippen molar-refractivity contribution in [3.8, 4) is 0 Å². The maximum Gasteiger partial charge on any atom is 0.225 e. The third kappa shape index (κ3) is 5.13. The van der Waals surface area contributed by atoms with E-state index in [2.05, 4.69) is 20.8 Å². The average molecular weight is 268 g/mol. The quantitative estimate of drug-likeness (QED) is 0.805. The van der Waals surface area contributed by atoms with E-state index in [1.165, 1.54) is 12.8 Å². The minimum Gasteiger partial charge on any atom is -0.343 e. The van der Waals surface area contributed by atoms with Crippen LogP contribution >= 0.6 is 0 Å². The molecule has 1 aliphatic carbocycles. The third-order valence-corrected chi connectivity index (χ3v) is 4.53. The highest BCUT2D eigenvalue weighted by molar-refractivity contribution is 5.79. The van der Waals surface area contributed by atoms with Crippen LogP contribution in [0.25, 0.3) is 0 Å². The summed E-state index contributed by atoms with van der Waals surface area (Å²) < 4.78 is 0. The average Bonchev–Trinajstić information content (AvgIpc) is 2.37. The lowest BCUT2D eigenvalue weighted by Gasteiger charge is -2.34. The van der Waals surface area contributed by atoms with Gasteiger partial charge in [-0.1, -0.05) is 26.7 Å². The molecule has 1 fully saturated rings. The zero-order valence-corrected chi connectivity index (χ0v) is 13.2. The first-order chi connectivity index (χ1) is 8.95. The van der Waals surface area contributed by atoms with Gasteiger partial charge in [-0.2, -0.15) is 0 Å². The summed E-state index contributed by atoms with van der Waals surface area (Å²) in [4.78, 5) is 14.5. The van der Waals surface area contributed by atoms with Crippen molar-refractivity contribution in [3.05, 3.63) is 0 Å². The summed E-state index contributed by atoms with van der Waals surface area (Å²) in [5.41, 5.74) is 5.65. The molecule has 0 radical (unpaired) electrons. The van der Waals surface area contributed by atoms with Gasteiger partial charge in [0.2, 0.25) is 5.91 Å². The topological polar surface area (TPSA) is 46.3 Å². The van der Waals surface area contributed by atoms with Gasteiger partial charge in [0.05, 0.1) is 0 Å². The van der Waals surface area contributed by atoms with E-state index in [1.807, 2.05) is 11.9 Å². The Bertz CT molecular complexity index is 276. The van der Waals surface area contributed by atoms with Crippen molar-refractivity contribution in [1.29, 1.82) is 0 Å². The Morgan fingerprint density at radius 2 is 2.00 bits per heavy atom. The van der Waals surface area contributed by atoms with E-state index in [0.717, 1.165) is 32.2 Å². The predicted octanol–water partition coefficient (Wildman–Crippen LogP) is 3.03. The van der Waals surface area contributed by atoms with E-state index in [-0.39, 0.29) is 5.92 Å². The highest BCUT2D eigenvalue weighted by Gasteiger charge is 2.30. The van der Waals surface area contributed by atoms with Crippen LogP contribution in [0, 0.1) is 17.8 Å². The molecule has 3 heteroatoms. The van der Waals surface area contributed by atoms with Crippen molar-refractivity contribution < 1.29 is 4.79 Å². The van der Waals surface area contributed by atoms with E-state index in [1.54, 1.807) is 0 Å².